The molecule has 0 atom stereocenters. The number of hydrogen-bond acceptors (Lipinski definition) is 4. The fourth-order valence-corrected chi connectivity index (χ4v) is 2.43. The van der Waals surface area contributed by atoms with Crippen LogP contribution in [-0.2, 0) is 6.54 Å². The fourth-order valence-electron chi connectivity index (χ4n) is 1.59. The third-order valence-corrected chi connectivity index (χ3v) is 3.58. The monoisotopic (exact) mass is 277 g/mol. The van der Waals surface area contributed by atoms with Crippen molar-refractivity contribution in [3.63, 3.8) is 0 Å². The van der Waals surface area contributed by atoms with Crippen LogP contribution in [0.15, 0.2) is 40.6 Å². The molecule has 0 saturated carbocycles. The molecule has 0 unspecified atom stereocenters. The minimum Gasteiger partial charge on any atom is -0.313 e. The number of rotatable bonds is 5. The van der Waals surface area contributed by atoms with Crippen LogP contribution in [-0.4, -0.2) is 16.5 Å². The molecule has 3 nitrogen and oxygen atoms in total. The Labute approximate surface area is 116 Å². The summed E-state index contributed by atoms with van der Waals surface area (Å²) in [6.45, 7) is 5.25. The molecule has 5 heteroatoms. The Morgan fingerprint density at radius 2 is 2.00 bits per heavy atom. The predicted molar refractivity (Wildman–Crippen MR) is 74.7 cm³/mol. The van der Waals surface area contributed by atoms with Gasteiger partial charge in [-0.1, -0.05) is 13.0 Å². The van der Waals surface area contributed by atoms with Gasteiger partial charge in [0.1, 0.15) is 5.82 Å². The number of aromatic nitrogens is 2. The molecule has 0 aliphatic heterocycles. The van der Waals surface area contributed by atoms with Crippen molar-refractivity contribution in [2.75, 3.05) is 6.54 Å². The van der Waals surface area contributed by atoms with Crippen LogP contribution < -0.4 is 5.32 Å². The maximum Gasteiger partial charge on any atom is 0.192 e. The van der Waals surface area contributed by atoms with E-state index in [1.807, 2.05) is 19.9 Å². The van der Waals surface area contributed by atoms with Crippen molar-refractivity contribution in [1.82, 2.24) is 15.3 Å². The average Bonchev–Trinajstić information content (AvgIpc) is 2.41. The second-order valence-electron chi connectivity index (χ2n) is 4.14. The molecule has 0 fully saturated rings. The Morgan fingerprint density at radius 3 is 2.68 bits per heavy atom. The van der Waals surface area contributed by atoms with E-state index in [4.69, 9.17) is 0 Å². The summed E-state index contributed by atoms with van der Waals surface area (Å²) in [4.78, 5) is 9.32. The number of aryl methyl sites for hydroxylation is 1. The number of benzene rings is 1. The minimum atomic E-state index is -0.196. The number of nitrogens with zero attached hydrogens (tertiary/aromatic N) is 2. The molecular weight excluding hydrogens is 261 g/mol. The highest BCUT2D eigenvalue weighted by molar-refractivity contribution is 7.99. The summed E-state index contributed by atoms with van der Waals surface area (Å²) >= 11 is 1.39. The second kappa shape index (κ2) is 6.63. The molecule has 1 heterocycles. The van der Waals surface area contributed by atoms with Crippen molar-refractivity contribution >= 4 is 11.8 Å². The average molecular weight is 277 g/mol. The van der Waals surface area contributed by atoms with Crippen LogP contribution in [0.2, 0.25) is 0 Å². The lowest BCUT2D eigenvalue weighted by Gasteiger charge is -2.09. The fraction of sp³-hybridized carbons (Fsp3) is 0.286. The molecule has 100 valence electrons. The van der Waals surface area contributed by atoms with Crippen molar-refractivity contribution in [2.45, 2.75) is 30.4 Å². The van der Waals surface area contributed by atoms with Crippen molar-refractivity contribution in [3.05, 3.63) is 47.5 Å². The first-order valence-electron chi connectivity index (χ1n) is 6.15. The Bertz CT molecular complexity index is 543. The zero-order valence-corrected chi connectivity index (χ0v) is 11.8. The van der Waals surface area contributed by atoms with Gasteiger partial charge < -0.3 is 5.32 Å². The normalized spacial score (nSPS) is 10.7. The highest BCUT2D eigenvalue weighted by Crippen LogP contribution is 2.29. The van der Waals surface area contributed by atoms with Crippen LogP contribution in [0.4, 0.5) is 4.39 Å². The smallest absolute Gasteiger partial charge is 0.192 e. The molecule has 1 N–H and O–H groups in total. The summed E-state index contributed by atoms with van der Waals surface area (Å²) in [6, 6.07) is 5.08. The third kappa shape index (κ3) is 3.75. The molecule has 0 radical (unpaired) electrons. The van der Waals surface area contributed by atoms with Crippen molar-refractivity contribution in [2.24, 2.45) is 0 Å². The van der Waals surface area contributed by atoms with Gasteiger partial charge >= 0.3 is 0 Å². The molecule has 1 aromatic carbocycles. The van der Waals surface area contributed by atoms with E-state index >= 15 is 0 Å². The number of hydrogen-bond donors (Lipinski definition) is 1. The molecule has 0 saturated heterocycles. The summed E-state index contributed by atoms with van der Waals surface area (Å²) in [5, 5.41) is 3.78. The molecule has 0 amide bonds. The minimum absolute atomic E-state index is 0.196. The van der Waals surface area contributed by atoms with Gasteiger partial charge in [0, 0.05) is 29.4 Å². The number of halogens is 1. The van der Waals surface area contributed by atoms with E-state index in [2.05, 4.69) is 15.3 Å². The maximum absolute atomic E-state index is 13.8. The lowest BCUT2D eigenvalue weighted by molar-refractivity contribution is 0.585. The van der Waals surface area contributed by atoms with E-state index in [1.165, 1.54) is 17.8 Å². The molecule has 0 aliphatic rings. The van der Waals surface area contributed by atoms with E-state index < -0.39 is 0 Å². The topological polar surface area (TPSA) is 37.8 Å². The second-order valence-corrected chi connectivity index (χ2v) is 5.15. The highest BCUT2D eigenvalue weighted by atomic mass is 32.2. The van der Waals surface area contributed by atoms with E-state index in [0.717, 1.165) is 17.0 Å². The van der Waals surface area contributed by atoms with Crippen LogP contribution in [0.3, 0.4) is 0 Å². The molecule has 0 spiro atoms. The van der Waals surface area contributed by atoms with Gasteiger partial charge in [0.2, 0.25) is 0 Å². The standard InChI is InChI=1S/C14H16FN3S/c1-3-16-9-11-12(15)5-4-6-13(11)19-14-17-7-10(2)8-18-14/h4-8,16H,3,9H2,1-2H3. The van der Waals surface area contributed by atoms with Crippen molar-refractivity contribution < 1.29 is 4.39 Å². The molecule has 2 aromatic rings. The van der Waals surface area contributed by atoms with Crippen LogP contribution in [0.1, 0.15) is 18.1 Å². The molecule has 2 rings (SSSR count). The van der Waals surface area contributed by atoms with Gasteiger partial charge in [-0.25, -0.2) is 14.4 Å². The van der Waals surface area contributed by atoms with Crippen LogP contribution in [0.25, 0.3) is 0 Å². The number of nitrogens with one attached hydrogen (secondary N) is 1. The Morgan fingerprint density at radius 1 is 1.26 bits per heavy atom. The van der Waals surface area contributed by atoms with Crippen LogP contribution in [0.5, 0.6) is 0 Å². The SMILES string of the molecule is CCNCc1c(F)cccc1Sc1ncc(C)cn1. The molecule has 19 heavy (non-hydrogen) atoms. The highest BCUT2D eigenvalue weighted by Gasteiger charge is 2.10. The first-order chi connectivity index (χ1) is 9.20. The van der Waals surface area contributed by atoms with E-state index in [1.54, 1.807) is 18.5 Å². The third-order valence-electron chi connectivity index (χ3n) is 2.59. The molecule has 1 aromatic heterocycles. The first kappa shape index (κ1) is 14.0. The summed E-state index contributed by atoms with van der Waals surface area (Å²) in [7, 11) is 0. The van der Waals surface area contributed by atoms with Gasteiger partial charge in [0.05, 0.1) is 0 Å². The lowest BCUT2D eigenvalue weighted by Crippen LogP contribution is -2.13. The molecule has 0 aliphatic carbocycles. The summed E-state index contributed by atoms with van der Waals surface area (Å²) in [6.07, 6.45) is 3.52. The van der Waals surface area contributed by atoms with Gasteiger partial charge in [-0.3, -0.25) is 0 Å². The van der Waals surface area contributed by atoms with Crippen LogP contribution in [0, 0.1) is 12.7 Å². The van der Waals surface area contributed by atoms with Crippen LogP contribution >= 0.6 is 11.8 Å². The van der Waals surface area contributed by atoms with E-state index in [0.29, 0.717) is 17.3 Å². The van der Waals surface area contributed by atoms with Gasteiger partial charge in [-0.05, 0) is 42.9 Å². The van der Waals surface area contributed by atoms with Gasteiger partial charge in [0.25, 0.3) is 0 Å². The zero-order valence-electron chi connectivity index (χ0n) is 11.0. The van der Waals surface area contributed by atoms with Crippen molar-refractivity contribution in [1.29, 1.82) is 0 Å². The first-order valence-corrected chi connectivity index (χ1v) is 6.97. The molecular formula is C14H16FN3S. The quantitative estimate of drug-likeness (QED) is 0.852. The predicted octanol–water partition coefficient (Wildman–Crippen LogP) is 3.18. The maximum atomic E-state index is 13.8. The van der Waals surface area contributed by atoms with Gasteiger partial charge in [0.15, 0.2) is 5.16 Å². The zero-order chi connectivity index (χ0) is 13.7. The summed E-state index contributed by atoms with van der Waals surface area (Å²) in [5.74, 6) is -0.196. The lowest BCUT2D eigenvalue weighted by atomic mass is 10.2. The Balaban J connectivity index is 2.23. The Hall–Kier alpha value is -1.46. The van der Waals surface area contributed by atoms with E-state index in [-0.39, 0.29) is 5.82 Å². The largest absolute Gasteiger partial charge is 0.313 e. The summed E-state index contributed by atoms with van der Waals surface area (Å²) in [5.41, 5.74) is 1.68. The summed E-state index contributed by atoms with van der Waals surface area (Å²) < 4.78 is 13.8. The van der Waals surface area contributed by atoms with E-state index in [9.17, 15) is 4.39 Å². The molecule has 0 bridgehead atoms. The van der Waals surface area contributed by atoms with Crippen molar-refractivity contribution in [3.8, 4) is 0 Å². The Kier molecular flexibility index (Phi) is 4.87. The van der Waals surface area contributed by atoms with Gasteiger partial charge in [-0.2, -0.15) is 0 Å². The van der Waals surface area contributed by atoms with Gasteiger partial charge in [-0.15, -0.1) is 0 Å².